The van der Waals surface area contributed by atoms with E-state index in [4.69, 9.17) is 11.6 Å². The summed E-state index contributed by atoms with van der Waals surface area (Å²) in [5.41, 5.74) is 2.91. The van der Waals surface area contributed by atoms with Gasteiger partial charge in [-0.2, -0.15) is 0 Å². The summed E-state index contributed by atoms with van der Waals surface area (Å²) < 4.78 is 1.66. The third-order valence-electron chi connectivity index (χ3n) is 2.69. The molecule has 3 aromatic rings. The highest BCUT2D eigenvalue weighted by Gasteiger charge is 2.09. The summed E-state index contributed by atoms with van der Waals surface area (Å²) in [4.78, 5) is 10.7. The Morgan fingerprint density at radius 1 is 1.17 bits per heavy atom. The van der Waals surface area contributed by atoms with Gasteiger partial charge in [0.05, 0.1) is 16.2 Å². The first-order valence-corrected chi connectivity index (χ1v) is 5.73. The number of carbonyl (C=O) groups is 1. The van der Waals surface area contributed by atoms with Gasteiger partial charge in [-0.3, -0.25) is 4.79 Å². The Hall–Kier alpha value is -2.20. The highest BCUT2D eigenvalue weighted by molar-refractivity contribution is 6.32. The Bertz CT molecular complexity index is 736. The Labute approximate surface area is 108 Å². The molecule has 0 saturated heterocycles. The molecule has 0 N–H and O–H groups in total. The molecule has 0 aliphatic carbocycles. The molecule has 18 heavy (non-hydrogen) atoms. The molecular formula is C13H8ClN3O. The van der Waals surface area contributed by atoms with Crippen LogP contribution in [0.5, 0.6) is 0 Å². The van der Waals surface area contributed by atoms with Crippen molar-refractivity contribution in [3.05, 3.63) is 53.1 Å². The predicted octanol–water partition coefficient (Wildman–Crippen LogP) is 2.89. The molecule has 0 atom stereocenters. The molecule has 0 fully saturated rings. The lowest BCUT2D eigenvalue weighted by Crippen LogP contribution is -1.98. The molecule has 0 unspecified atom stereocenters. The number of hydrogen-bond donors (Lipinski definition) is 0. The van der Waals surface area contributed by atoms with E-state index in [1.165, 1.54) is 0 Å². The van der Waals surface area contributed by atoms with Crippen LogP contribution in [-0.4, -0.2) is 21.3 Å². The highest BCUT2D eigenvalue weighted by Crippen LogP contribution is 2.23. The predicted molar refractivity (Wildman–Crippen MR) is 69.3 cm³/mol. The van der Waals surface area contributed by atoms with E-state index in [9.17, 15) is 4.79 Å². The summed E-state index contributed by atoms with van der Waals surface area (Å²) in [6, 6.07) is 12.7. The number of halogens is 1. The van der Waals surface area contributed by atoms with Crippen molar-refractivity contribution < 1.29 is 4.79 Å². The molecule has 0 radical (unpaired) electrons. The van der Waals surface area contributed by atoms with Crippen molar-refractivity contribution in [2.24, 2.45) is 0 Å². The summed E-state index contributed by atoms with van der Waals surface area (Å²) in [6.07, 6.45) is 0.759. The van der Waals surface area contributed by atoms with Crippen LogP contribution in [0.15, 0.2) is 42.5 Å². The van der Waals surface area contributed by atoms with Crippen molar-refractivity contribution in [3.63, 3.8) is 0 Å². The zero-order chi connectivity index (χ0) is 12.5. The molecule has 0 bridgehead atoms. The number of rotatable bonds is 2. The van der Waals surface area contributed by atoms with Gasteiger partial charge in [0.2, 0.25) is 0 Å². The lowest BCUT2D eigenvalue weighted by atomic mass is 10.2. The van der Waals surface area contributed by atoms with Gasteiger partial charge in [-0.1, -0.05) is 28.9 Å². The highest BCUT2D eigenvalue weighted by atomic mass is 35.5. The maximum absolute atomic E-state index is 10.7. The second kappa shape index (κ2) is 4.23. The topological polar surface area (TPSA) is 47.8 Å². The second-order valence-electron chi connectivity index (χ2n) is 3.82. The number of fused-ring (bicyclic) bond motifs is 1. The first-order valence-electron chi connectivity index (χ1n) is 5.35. The van der Waals surface area contributed by atoms with Gasteiger partial charge in [-0.25, -0.2) is 4.68 Å². The summed E-state index contributed by atoms with van der Waals surface area (Å²) in [6.45, 7) is 0. The average molecular weight is 258 g/mol. The molecule has 4 nitrogen and oxygen atoms in total. The van der Waals surface area contributed by atoms with E-state index in [1.54, 1.807) is 22.9 Å². The molecule has 2 aromatic carbocycles. The molecule has 0 saturated carbocycles. The maximum atomic E-state index is 10.7. The lowest BCUT2D eigenvalue weighted by Gasteiger charge is -2.05. The maximum Gasteiger partial charge on any atom is 0.150 e. The minimum absolute atomic E-state index is 0.468. The number of nitrogens with zero attached hydrogens (tertiary/aromatic N) is 3. The number of aldehydes is 1. The van der Waals surface area contributed by atoms with Crippen LogP contribution < -0.4 is 0 Å². The van der Waals surface area contributed by atoms with E-state index in [1.807, 2.05) is 24.3 Å². The van der Waals surface area contributed by atoms with E-state index in [2.05, 4.69) is 10.3 Å². The van der Waals surface area contributed by atoms with Gasteiger partial charge in [0.15, 0.2) is 0 Å². The normalized spacial score (nSPS) is 10.7. The second-order valence-corrected chi connectivity index (χ2v) is 4.23. The standard InChI is InChI=1S/C13H8ClN3O/c14-10-7-9(8-18)5-6-12(10)17-13-4-2-1-3-11(13)15-16-17/h1-8H. The largest absolute Gasteiger partial charge is 0.298 e. The lowest BCUT2D eigenvalue weighted by molar-refractivity contribution is 0.112. The molecule has 1 heterocycles. The monoisotopic (exact) mass is 257 g/mol. The zero-order valence-corrected chi connectivity index (χ0v) is 10.0. The molecule has 0 aliphatic rings. The molecule has 1 aromatic heterocycles. The van der Waals surface area contributed by atoms with E-state index >= 15 is 0 Å². The van der Waals surface area contributed by atoms with Gasteiger partial charge in [0.25, 0.3) is 0 Å². The fourth-order valence-electron chi connectivity index (χ4n) is 1.82. The summed E-state index contributed by atoms with van der Waals surface area (Å²) in [5, 5.41) is 8.61. The number of carbonyl (C=O) groups excluding carboxylic acids is 1. The molecule has 0 amide bonds. The van der Waals surface area contributed by atoms with Crippen LogP contribution in [0.25, 0.3) is 16.7 Å². The average Bonchev–Trinajstić information content (AvgIpc) is 2.82. The van der Waals surface area contributed by atoms with Crippen LogP contribution in [0.1, 0.15) is 10.4 Å². The summed E-state index contributed by atoms with van der Waals surface area (Å²) in [5.74, 6) is 0. The molecule has 88 valence electrons. The third-order valence-corrected chi connectivity index (χ3v) is 2.99. The van der Waals surface area contributed by atoms with Crippen molar-refractivity contribution in [1.82, 2.24) is 15.0 Å². The van der Waals surface area contributed by atoms with Crippen molar-refractivity contribution in [3.8, 4) is 5.69 Å². The minimum atomic E-state index is 0.468. The van der Waals surface area contributed by atoms with Gasteiger partial charge < -0.3 is 0 Å². The third kappa shape index (κ3) is 1.67. The van der Waals surface area contributed by atoms with E-state index < -0.39 is 0 Å². The van der Waals surface area contributed by atoms with Crippen LogP contribution >= 0.6 is 11.6 Å². The smallest absolute Gasteiger partial charge is 0.150 e. The summed E-state index contributed by atoms with van der Waals surface area (Å²) >= 11 is 6.15. The Kier molecular flexibility index (Phi) is 2.57. The number of aromatic nitrogens is 3. The van der Waals surface area contributed by atoms with Crippen molar-refractivity contribution in [2.75, 3.05) is 0 Å². The molecule has 5 heteroatoms. The Balaban J connectivity index is 2.23. The van der Waals surface area contributed by atoms with Crippen LogP contribution in [0.3, 0.4) is 0 Å². The Morgan fingerprint density at radius 3 is 2.78 bits per heavy atom. The first-order chi connectivity index (χ1) is 8.79. The van der Waals surface area contributed by atoms with Crippen molar-refractivity contribution in [2.45, 2.75) is 0 Å². The molecule has 0 spiro atoms. The molecular weight excluding hydrogens is 250 g/mol. The van der Waals surface area contributed by atoms with E-state index in [-0.39, 0.29) is 0 Å². The quantitative estimate of drug-likeness (QED) is 0.663. The fraction of sp³-hybridized carbons (Fsp3) is 0. The van der Waals surface area contributed by atoms with Crippen LogP contribution in [0, 0.1) is 0 Å². The zero-order valence-electron chi connectivity index (χ0n) is 9.25. The van der Waals surface area contributed by atoms with Crippen LogP contribution in [0.4, 0.5) is 0 Å². The van der Waals surface area contributed by atoms with E-state index in [0.29, 0.717) is 16.3 Å². The number of benzene rings is 2. The molecule has 3 rings (SSSR count). The van der Waals surface area contributed by atoms with Gasteiger partial charge in [0.1, 0.15) is 11.8 Å². The van der Waals surface area contributed by atoms with Gasteiger partial charge >= 0.3 is 0 Å². The van der Waals surface area contributed by atoms with Crippen molar-refractivity contribution >= 4 is 28.9 Å². The van der Waals surface area contributed by atoms with Gasteiger partial charge in [-0.15, -0.1) is 5.10 Å². The first kappa shape index (κ1) is 10.9. The van der Waals surface area contributed by atoms with E-state index in [0.717, 1.165) is 17.3 Å². The summed E-state index contributed by atoms with van der Waals surface area (Å²) in [7, 11) is 0. The van der Waals surface area contributed by atoms with Crippen LogP contribution in [-0.2, 0) is 0 Å². The van der Waals surface area contributed by atoms with Gasteiger partial charge in [-0.05, 0) is 30.3 Å². The fourth-order valence-corrected chi connectivity index (χ4v) is 2.08. The minimum Gasteiger partial charge on any atom is -0.298 e. The number of hydrogen-bond acceptors (Lipinski definition) is 3. The number of para-hydroxylation sites is 1. The molecule has 0 aliphatic heterocycles. The Morgan fingerprint density at radius 2 is 2.00 bits per heavy atom. The SMILES string of the molecule is O=Cc1ccc(-n2nnc3ccccc32)c(Cl)c1. The van der Waals surface area contributed by atoms with Crippen molar-refractivity contribution in [1.29, 1.82) is 0 Å². The van der Waals surface area contributed by atoms with Crippen LogP contribution in [0.2, 0.25) is 5.02 Å². The van der Waals surface area contributed by atoms with Gasteiger partial charge in [0, 0.05) is 5.56 Å².